The van der Waals surface area contributed by atoms with Crippen molar-refractivity contribution in [2.24, 2.45) is 0 Å². The zero-order valence-electron chi connectivity index (χ0n) is 11.5. The molecule has 2 heterocycles. The Labute approximate surface area is 122 Å². The minimum Gasteiger partial charge on any atom is -0.378 e. The highest BCUT2D eigenvalue weighted by Gasteiger charge is 2.16. The number of anilines is 1. The topological polar surface area (TPSA) is 81.1 Å². The van der Waals surface area contributed by atoms with E-state index in [0.717, 1.165) is 17.9 Å². The number of amides is 1. The monoisotopic (exact) mass is 287 g/mol. The van der Waals surface area contributed by atoms with Crippen molar-refractivity contribution in [3.63, 3.8) is 0 Å². The zero-order valence-corrected chi connectivity index (χ0v) is 11.5. The van der Waals surface area contributed by atoms with Gasteiger partial charge in [-0.1, -0.05) is 0 Å². The van der Waals surface area contributed by atoms with Gasteiger partial charge in [-0.15, -0.1) is 0 Å². The van der Waals surface area contributed by atoms with Gasteiger partial charge >= 0.3 is 0 Å². The standard InChI is InChI=1S/C14H17N5O2/c20-14(9-12-10-21-8-7-15-12)18-11-1-3-13(4-2-11)19-16-5-6-17-19/h1-6,12,15H,7-10H2,(H,18,20). The molecule has 110 valence electrons. The van der Waals surface area contributed by atoms with Gasteiger partial charge < -0.3 is 15.4 Å². The summed E-state index contributed by atoms with van der Waals surface area (Å²) in [4.78, 5) is 13.5. The normalized spacial score (nSPS) is 18.4. The molecule has 0 spiro atoms. The van der Waals surface area contributed by atoms with Crippen LogP contribution in [0.25, 0.3) is 5.69 Å². The van der Waals surface area contributed by atoms with Crippen molar-refractivity contribution in [3.8, 4) is 5.69 Å². The molecule has 1 aliphatic heterocycles. The second-order valence-corrected chi connectivity index (χ2v) is 4.84. The summed E-state index contributed by atoms with van der Waals surface area (Å²) in [6, 6.07) is 7.48. The van der Waals surface area contributed by atoms with Gasteiger partial charge in [0.05, 0.1) is 31.3 Å². The second kappa shape index (κ2) is 6.47. The molecule has 1 saturated heterocycles. The molecule has 2 N–H and O–H groups in total. The molecule has 1 fully saturated rings. The van der Waals surface area contributed by atoms with Crippen molar-refractivity contribution in [2.75, 3.05) is 25.1 Å². The van der Waals surface area contributed by atoms with Gasteiger partial charge in [0.25, 0.3) is 0 Å². The first-order valence-electron chi connectivity index (χ1n) is 6.89. The van der Waals surface area contributed by atoms with Gasteiger partial charge in [0, 0.05) is 24.7 Å². The predicted molar refractivity (Wildman–Crippen MR) is 77.2 cm³/mol. The van der Waals surface area contributed by atoms with E-state index in [4.69, 9.17) is 4.74 Å². The molecule has 7 heteroatoms. The maximum atomic E-state index is 12.0. The van der Waals surface area contributed by atoms with Crippen LogP contribution in [0.15, 0.2) is 36.7 Å². The average Bonchev–Trinajstić information content (AvgIpc) is 3.03. The van der Waals surface area contributed by atoms with Gasteiger partial charge in [-0.05, 0) is 24.3 Å². The first kappa shape index (κ1) is 13.7. The van der Waals surface area contributed by atoms with Gasteiger partial charge in [0.1, 0.15) is 0 Å². The molecule has 0 bridgehead atoms. The predicted octanol–water partition coefficient (Wildman–Crippen LogP) is 0.584. The van der Waals surface area contributed by atoms with E-state index in [1.165, 1.54) is 4.80 Å². The molecule has 1 aromatic heterocycles. The Morgan fingerprint density at radius 3 is 2.76 bits per heavy atom. The van der Waals surface area contributed by atoms with Crippen LogP contribution in [-0.4, -0.2) is 46.7 Å². The van der Waals surface area contributed by atoms with Crippen molar-refractivity contribution >= 4 is 11.6 Å². The molecule has 2 aromatic rings. The number of carbonyl (C=O) groups is 1. The summed E-state index contributed by atoms with van der Waals surface area (Å²) in [7, 11) is 0. The molecular formula is C14H17N5O2. The van der Waals surface area contributed by atoms with E-state index in [-0.39, 0.29) is 11.9 Å². The van der Waals surface area contributed by atoms with Crippen molar-refractivity contribution in [2.45, 2.75) is 12.5 Å². The summed E-state index contributed by atoms with van der Waals surface area (Å²) < 4.78 is 5.33. The van der Waals surface area contributed by atoms with Crippen LogP contribution in [0.1, 0.15) is 6.42 Å². The second-order valence-electron chi connectivity index (χ2n) is 4.84. The number of nitrogens with one attached hydrogen (secondary N) is 2. The maximum absolute atomic E-state index is 12.0. The summed E-state index contributed by atoms with van der Waals surface area (Å²) in [5, 5.41) is 14.2. The molecule has 0 radical (unpaired) electrons. The summed E-state index contributed by atoms with van der Waals surface area (Å²) >= 11 is 0. The van der Waals surface area contributed by atoms with Crippen molar-refractivity contribution < 1.29 is 9.53 Å². The van der Waals surface area contributed by atoms with Crippen LogP contribution in [0.5, 0.6) is 0 Å². The van der Waals surface area contributed by atoms with Crippen LogP contribution in [0, 0.1) is 0 Å². The highest BCUT2D eigenvalue weighted by atomic mass is 16.5. The van der Waals surface area contributed by atoms with E-state index < -0.39 is 0 Å². The average molecular weight is 287 g/mol. The fourth-order valence-corrected chi connectivity index (χ4v) is 2.21. The number of ether oxygens (including phenoxy) is 1. The largest absolute Gasteiger partial charge is 0.378 e. The number of nitrogens with zero attached hydrogens (tertiary/aromatic N) is 3. The van der Waals surface area contributed by atoms with E-state index in [0.29, 0.717) is 19.6 Å². The molecule has 1 aromatic carbocycles. The van der Waals surface area contributed by atoms with Gasteiger partial charge in [0.2, 0.25) is 5.91 Å². The Bertz CT molecular complexity index is 576. The Balaban J connectivity index is 1.56. The highest BCUT2D eigenvalue weighted by molar-refractivity contribution is 5.91. The molecule has 0 saturated carbocycles. The molecular weight excluding hydrogens is 270 g/mol. The number of rotatable bonds is 4. The SMILES string of the molecule is O=C(CC1COCCN1)Nc1ccc(-n2nccn2)cc1. The van der Waals surface area contributed by atoms with Crippen LogP contribution in [-0.2, 0) is 9.53 Å². The number of morpholine rings is 1. The molecule has 1 aliphatic rings. The van der Waals surface area contributed by atoms with E-state index >= 15 is 0 Å². The van der Waals surface area contributed by atoms with E-state index in [2.05, 4.69) is 20.8 Å². The Kier molecular flexibility index (Phi) is 4.23. The fraction of sp³-hybridized carbons (Fsp3) is 0.357. The molecule has 0 aliphatic carbocycles. The highest BCUT2D eigenvalue weighted by Crippen LogP contribution is 2.12. The van der Waals surface area contributed by atoms with Gasteiger partial charge in [-0.25, -0.2) is 0 Å². The lowest BCUT2D eigenvalue weighted by Crippen LogP contribution is -2.43. The molecule has 21 heavy (non-hydrogen) atoms. The van der Waals surface area contributed by atoms with E-state index in [1.54, 1.807) is 12.4 Å². The third-order valence-electron chi connectivity index (χ3n) is 3.23. The van der Waals surface area contributed by atoms with Crippen LogP contribution in [0.4, 0.5) is 5.69 Å². The first-order valence-corrected chi connectivity index (χ1v) is 6.89. The molecule has 1 unspecified atom stereocenters. The minimum atomic E-state index is -0.0250. The fourth-order valence-electron chi connectivity index (χ4n) is 2.21. The molecule has 7 nitrogen and oxygen atoms in total. The summed E-state index contributed by atoms with van der Waals surface area (Å²) in [6.07, 6.45) is 3.65. The summed E-state index contributed by atoms with van der Waals surface area (Å²) in [6.45, 7) is 2.09. The summed E-state index contributed by atoms with van der Waals surface area (Å²) in [5.41, 5.74) is 1.60. The lowest BCUT2D eigenvalue weighted by Gasteiger charge is -2.23. The maximum Gasteiger partial charge on any atom is 0.226 e. The van der Waals surface area contributed by atoms with Gasteiger partial charge in [-0.2, -0.15) is 15.0 Å². The van der Waals surface area contributed by atoms with E-state index in [1.807, 2.05) is 24.3 Å². The third kappa shape index (κ3) is 3.65. The van der Waals surface area contributed by atoms with Crippen LogP contribution >= 0.6 is 0 Å². The summed E-state index contributed by atoms with van der Waals surface area (Å²) in [5.74, 6) is -0.0250. The number of carbonyl (C=O) groups excluding carboxylic acids is 1. The van der Waals surface area contributed by atoms with Crippen molar-refractivity contribution in [1.29, 1.82) is 0 Å². The number of aromatic nitrogens is 3. The van der Waals surface area contributed by atoms with Crippen molar-refractivity contribution in [3.05, 3.63) is 36.7 Å². The van der Waals surface area contributed by atoms with Crippen LogP contribution < -0.4 is 10.6 Å². The molecule has 1 atom stereocenters. The van der Waals surface area contributed by atoms with Crippen LogP contribution in [0.2, 0.25) is 0 Å². The Hall–Kier alpha value is -2.25. The quantitative estimate of drug-likeness (QED) is 0.860. The molecule has 3 rings (SSSR count). The van der Waals surface area contributed by atoms with Crippen molar-refractivity contribution in [1.82, 2.24) is 20.3 Å². The number of benzene rings is 1. The zero-order chi connectivity index (χ0) is 14.5. The lowest BCUT2D eigenvalue weighted by atomic mass is 10.2. The number of hydrogen-bond acceptors (Lipinski definition) is 5. The lowest BCUT2D eigenvalue weighted by molar-refractivity contribution is -0.117. The molecule has 1 amide bonds. The first-order chi connectivity index (χ1) is 10.3. The van der Waals surface area contributed by atoms with Gasteiger partial charge in [0.15, 0.2) is 0 Å². The van der Waals surface area contributed by atoms with Crippen LogP contribution in [0.3, 0.4) is 0 Å². The smallest absolute Gasteiger partial charge is 0.226 e. The Morgan fingerprint density at radius 2 is 2.10 bits per heavy atom. The van der Waals surface area contributed by atoms with Gasteiger partial charge in [-0.3, -0.25) is 4.79 Å². The minimum absolute atomic E-state index is 0.0250. The Morgan fingerprint density at radius 1 is 1.33 bits per heavy atom. The van der Waals surface area contributed by atoms with E-state index in [9.17, 15) is 4.79 Å². The number of hydrogen-bond donors (Lipinski definition) is 2. The third-order valence-corrected chi connectivity index (χ3v) is 3.23.